The molecule has 5 heteroatoms. The van der Waals surface area contributed by atoms with Gasteiger partial charge in [-0.3, -0.25) is 4.79 Å². The topological polar surface area (TPSA) is 50.4 Å². The first kappa shape index (κ1) is 15.4. The van der Waals surface area contributed by atoms with Crippen molar-refractivity contribution in [2.45, 2.75) is 31.2 Å². The summed E-state index contributed by atoms with van der Waals surface area (Å²) in [4.78, 5) is 12.6. The first-order valence-corrected chi connectivity index (χ1v) is 8.06. The van der Waals surface area contributed by atoms with E-state index in [0.29, 0.717) is 26.1 Å². The van der Waals surface area contributed by atoms with E-state index >= 15 is 0 Å². The van der Waals surface area contributed by atoms with Crippen LogP contribution in [0, 0.1) is 11.7 Å². The lowest BCUT2D eigenvalue weighted by atomic mass is 9.81. The number of halogens is 1. The van der Waals surface area contributed by atoms with E-state index in [4.69, 9.17) is 4.74 Å². The number of piperidine rings is 1. The molecule has 4 nitrogen and oxygen atoms in total. The first-order valence-electron chi connectivity index (χ1n) is 8.06. The molecule has 1 atom stereocenters. The lowest BCUT2D eigenvalue weighted by Crippen LogP contribution is -2.53. The van der Waals surface area contributed by atoms with Gasteiger partial charge >= 0.3 is 0 Å². The number of nitrogens with one attached hydrogen (secondary N) is 2. The summed E-state index contributed by atoms with van der Waals surface area (Å²) in [6, 6.07) is 6.57. The monoisotopic (exact) mass is 306 g/mol. The van der Waals surface area contributed by atoms with Crippen molar-refractivity contribution in [3.63, 3.8) is 0 Å². The summed E-state index contributed by atoms with van der Waals surface area (Å²) >= 11 is 0. The molecular weight excluding hydrogens is 283 g/mol. The van der Waals surface area contributed by atoms with Gasteiger partial charge < -0.3 is 15.4 Å². The van der Waals surface area contributed by atoms with Crippen molar-refractivity contribution in [3.05, 3.63) is 35.6 Å². The van der Waals surface area contributed by atoms with Crippen LogP contribution in [-0.4, -0.2) is 32.2 Å². The van der Waals surface area contributed by atoms with E-state index in [1.54, 1.807) is 6.07 Å². The quantitative estimate of drug-likeness (QED) is 0.897. The number of amides is 1. The van der Waals surface area contributed by atoms with Gasteiger partial charge in [0.05, 0.1) is 11.5 Å². The Morgan fingerprint density at radius 3 is 2.86 bits per heavy atom. The molecule has 0 bridgehead atoms. The Morgan fingerprint density at radius 1 is 1.36 bits per heavy atom. The number of benzene rings is 1. The van der Waals surface area contributed by atoms with Crippen molar-refractivity contribution in [2.75, 3.05) is 26.3 Å². The van der Waals surface area contributed by atoms with Crippen molar-refractivity contribution in [2.24, 2.45) is 5.92 Å². The molecule has 1 aromatic carbocycles. The third-order valence-electron chi connectivity index (χ3n) is 4.75. The second kappa shape index (κ2) is 6.75. The van der Waals surface area contributed by atoms with Crippen LogP contribution in [0.4, 0.5) is 4.39 Å². The maximum atomic E-state index is 13.6. The Kier molecular flexibility index (Phi) is 4.74. The number of carbonyl (C=O) groups excluding carboxylic acids is 1. The lowest BCUT2D eigenvalue weighted by Gasteiger charge is -2.40. The maximum absolute atomic E-state index is 13.6. The highest BCUT2D eigenvalue weighted by Crippen LogP contribution is 2.33. The van der Waals surface area contributed by atoms with Crippen LogP contribution >= 0.6 is 0 Å². The second-order valence-electron chi connectivity index (χ2n) is 6.24. The Hall–Kier alpha value is -1.46. The summed E-state index contributed by atoms with van der Waals surface area (Å²) in [5.41, 5.74) is 0.336. The third-order valence-corrected chi connectivity index (χ3v) is 4.75. The number of ether oxygens (including phenoxy) is 1. The summed E-state index contributed by atoms with van der Waals surface area (Å²) in [6.07, 6.45) is 3.30. The molecule has 2 saturated heterocycles. The fourth-order valence-corrected chi connectivity index (χ4v) is 3.41. The average Bonchev–Trinajstić information content (AvgIpc) is 2.56. The minimum atomic E-state index is -0.505. The van der Waals surface area contributed by atoms with Gasteiger partial charge in [0.25, 0.3) is 0 Å². The van der Waals surface area contributed by atoms with Crippen molar-refractivity contribution in [1.82, 2.24) is 10.6 Å². The van der Waals surface area contributed by atoms with Crippen LogP contribution in [0.25, 0.3) is 0 Å². The molecule has 2 fully saturated rings. The maximum Gasteiger partial charge on any atom is 0.225 e. The van der Waals surface area contributed by atoms with E-state index in [1.165, 1.54) is 12.1 Å². The summed E-state index contributed by atoms with van der Waals surface area (Å²) in [6.45, 7) is 2.87. The Bertz CT molecular complexity index is 523. The molecule has 0 radical (unpaired) electrons. The number of hydrogen-bond acceptors (Lipinski definition) is 3. The number of carbonyl (C=O) groups is 1. The van der Waals surface area contributed by atoms with E-state index < -0.39 is 5.54 Å². The van der Waals surface area contributed by atoms with Gasteiger partial charge in [-0.2, -0.15) is 0 Å². The van der Waals surface area contributed by atoms with E-state index in [1.807, 2.05) is 6.07 Å². The fraction of sp³-hybridized carbons (Fsp3) is 0.588. The molecule has 3 rings (SSSR count). The smallest absolute Gasteiger partial charge is 0.225 e. The molecule has 0 aromatic heterocycles. The Labute approximate surface area is 130 Å². The zero-order chi connectivity index (χ0) is 15.4. The van der Waals surface area contributed by atoms with Gasteiger partial charge in [-0.1, -0.05) is 12.1 Å². The van der Waals surface area contributed by atoms with Gasteiger partial charge in [0.15, 0.2) is 0 Å². The van der Waals surface area contributed by atoms with Crippen LogP contribution in [-0.2, 0) is 15.1 Å². The molecule has 2 heterocycles. The van der Waals surface area contributed by atoms with Crippen molar-refractivity contribution < 1.29 is 13.9 Å². The summed E-state index contributed by atoms with van der Waals surface area (Å²) < 4.78 is 19.1. The predicted molar refractivity (Wildman–Crippen MR) is 81.9 cm³/mol. The number of rotatable bonds is 3. The van der Waals surface area contributed by atoms with Crippen LogP contribution in [0.15, 0.2) is 24.3 Å². The minimum absolute atomic E-state index is 0.00188. The molecule has 1 amide bonds. The molecule has 2 aliphatic heterocycles. The molecule has 1 aromatic rings. The zero-order valence-corrected chi connectivity index (χ0v) is 12.7. The van der Waals surface area contributed by atoms with Crippen LogP contribution in [0.3, 0.4) is 0 Å². The molecule has 0 aliphatic carbocycles. The molecule has 2 N–H and O–H groups in total. The molecular formula is C17H23FN2O2. The summed E-state index contributed by atoms with van der Waals surface area (Å²) in [7, 11) is 0. The molecule has 0 spiro atoms. The van der Waals surface area contributed by atoms with Crippen LogP contribution in [0.1, 0.15) is 31.2 Å². The SMILES string of the molecule is O=C(NC1(c2cccc(F)c2)CCOCC1)C1CCCNC1. The highest BCUT2D eigenvalue weighted by Gasteiger charge is 2.37. The van der Waals surface area contributed by atoms with Gasteiger partial charge in [-0.15, -0.1) is 0 Å². The normalized spacial score (nSPS) is 24.7. The highest BCUT2D eigenvalue weighted by molar-refractivity contribution is 5.80. The van der Waals surface area contributed by atoms with Gasteiger partial charge in [-0.25, -0.2) is 4.39 Å². The van der Waals surface area contributed by atoms with E-state index in [9.17, 15) is 9.18 Å². The standard InChI is InChI=1S/C17H23FN2O2/c18-15-5-1-4-14(11-15)17(6-9-22-10-7-17)20-16(21)13-3-2-8-19-12-13/h1,4-5,11,13,19H,2-3,6-10,12H2,(H,20,21). The van der Waals surface area contributed by atoms with Crippen LogP contribution in [0.5, 0.6) is 0 Å². The van der Waals surface area contributed by atoms with Crippen molar-refractivity contribution in [3.8, 4) is 0 Å². The van der Waals surface area contributed by atoms with Crippen molar-refractivity contribution >= 4 is 5.91 Å². The minimum Gasteiger partial charge on any atom is -0.381 e. The average molecular weight is 306 g/mol. The van der Waals surface area contributed by atoms with Crippen molar-refractivity contribution in [1.29, 1.82) is 0 Å². The molecule has 22 heavy (non-hydrogen) atoms. The number of hydrogen-bond donors (Lipinski definition) is 2. The van der Waals surface area contributed by atoms with Crippen LogP contribution in [0.2, 0.25) is 0 Å². The zero-order valence-electron chi connectivity index (χ0n) is 12.7. The predicted octanol–water partition coefficient (Wildman–Crippen LogP) is 1.95. The van der Waals surface area contributed by atoms with E-state index in [2.05, 4.69) is 10.6 Å². The van der Waals surface area contributed by atoms with E-state index in [-0.39, 0.29) is 17.6 Å². The summed E-state index contributed by atoms with van der Waals surface area (Å²) in [5.74, 6) is -0.197. The molecule has 0 saturated carbocycles. The highest BCUT2D eigenvalue weighted by atomic mass is 19.1. The summed E-state index contributed by atoms with van der Waals surface area (Å²) in [5, 5.41) is 6.49. The Morgan fingerprint density at radius 2 is 2.18 bits per heavy atom. The Balaban J connectivity index is 1.81. The van der Waals surface area contributed by atoms with Gasteiger partial charge in [0.2, 0.25) is 5.91 Å². The van der Waals surface area contributed by atoms with E-state index in [0.717, 1.165) is 31.5 Å². The fourth-order valence-electron chi connectivity index (χ4n) is 3.41. The molecule has 2 aliphatic rings. The second-order valence-corrected chi connectivity index (χ2v) is 6.24. The largest absolute Gasteiger partial charge is 0.381 e. The van der Waals surface area contributed by atoms with Crippen LogP contribution < -0.4 is 10.6 Å². The third kappa shape index (κ3) is 3.31. The lowest BCUT2D eigenvalue weighted by molar-refractivity contribution is -0.129. The van der Waals surface area contributed by atoms with Gasteiger partial charge in [-0.05, 0) is 49.9 Å². The van der Waals surface area contributed by atoms with Gasteiger partial charge in [0, 0.05) is 19.8 Å². The van der Waals surface area contributed by atoms with Gasteiger partial charge in [0.1, 0.15) is 5.82 Å². The molecule has 120 valence electrons. The molecule has 1 unspecified atom stereocenters. The first-order chi connectivity index (χ1) is 10.7.